The highest BCUT2D eigenvalue weighted by Crippen LogP contribution is 2.53. The van der Waals surface area contributed by atoms with Gasteiger partial charge in [0.25, 0.3) is 0 Å². The van der Waals surface area contributed by atoms with Gasteiger partial charge in [0, 0.05) is 6.42 Å². The fraction of sp³-hybridized carbons (Fsp3) is 0.692. The van der Waals surface area contributed by atoms with Gasteiger partial charge in [0.05, 0.1) is 17.6 Å². The number of hydrazine groups is 2. The second kappa shape index (κ2) is 6.53. The largest absolute Gasteiger partial charge is 0.294 e. The molecule has 0 fully saturated rings. The molecule has 0 rings (SSSR count). The molecule has 0 aromatic heterocycles. The van der Waals surface area contributed by atoms with Crippen molar-refractivity contribution in [3.63, 3.8) is 0 Å². The molecule has 0 saturated heterocycles. The van der Waals surface area contributed by atoms with Gasteiger partial charge in [-0.3, -0.25) is 20.4 Å². The molecule has 8 heteroatoms. The fourth-order valence-electron chi connectivity index (χ4n) is 2.35. The van der Waals surface area contributed by atoms with E-state index in [2.05, 4.69) is 0 Å². The third-order valence-corrected chi connectivity index (χ3v) is 4.52. The van der Waals surface area contributed by atoms with Crippen LogP contribution in [0.3, 0.4) is 0 Å². The van der Waals surface area contributed by atoms with Gasteiger partial charge in [-0.25, -0.2) is 11.7 Å². The molecule has 0 heterocycles. The summed E-state index contributed by atoms with van der Waals surface area (Å²) in [5, 5.41) is 18.7. The summed E-state index contributed by atoms with van der Waals surface area (Å²) >= 11 is 0. The molecule has 0 aromatic carbocycles. The summed E-state index contributed by atoms with van der Waals surface area (Å²) in [7, 11) is 0. The Hall–Kier alpha value is -2.16. The third-order valence-electron chi connectivity index (χ3n) is 4.52. The lowest BCUT2D eigenvalue weighted by molar-refractivity contribution is -0.144. The van der Waals surface area contributed by atoms with Crippen LogP contribution in [0.15, 0.2) is 0 Å². The summed E-state index contributed by atoms with van der Waals surface area (Å²) in [6.45, 7) is 6.30. The molecule has 21 heavy (non-hydrogen) atoms. The lowest BCUT2D eigenvalue weighted by Gasteiger charge is -2.47. The molecule has 2 amide bonds. The van der Waals surface area contributed by atoms with Crippen LogP contribution < -0.4 is 22.5 Å². The minimum atomic E-state index is -1.61. The van der Waals surface area contributed by atoms with E-state index in [0.717, 1.165) is 0 Å². The zero-order chi connectivity index (χ0) is 16.9. The van der Waals surface area contributed by atoms with Gasteiger partial charge in [-0.05, 0) is 25.7 Å². The Morgan fingerprint density at radius 2 is 1.52 bits per heavy atom. The number of hydrogen-bond donors (Lipinski definition) is 4. The zero-order valence-corrected chi connectivity index (χ0v) is 12.8. The summed E-state index contributed by atoms with van der Waals surface area (Å²) in [5.41, 5.74) is 0.133. The van der Waals surface area contributed by atoms with Gasteiger partial charge in [0.2, 0.25) is 11.8 Å². The van der Waals surface area contributed by atoms with E-state index in [1.165, 1.54) is 13.8 Å². The van der Waals surface area contributed by atoms with E-state index in [4.69, 9.17) is 11.7 Å². The number of hydrogen-bond acceptors (Lipinski definition) is 6. The van der Waals surface area contributed by atoms with Crippen LogP contribution >= 0.6 is 0 Å². The number of carbonyl (C=O) groups is 2. The van der Waals surface area contributed by atoms with Gasteiger partial charge in [-0.2, -0.15) is 10.5 Å². The first-order valence-corrected chi connectivity index (χ1v) is 6.39. The van der Waals surface area contributed by atoms with Crippen molar-refractivity contribution in [1.29, 1.82) is 10.5 Å². The van der Waals surface area contributed by atoms with Gasteiger partial charge in [-0.1, -0.05) is 13.8 Å². The summed E-state index contributed by atoms with van der Waals surface area (Å²) in [4.78, 5) is 23.6. The summed E-state index contributed by atoms with van der Waals surface area (Å²) in [6, 6.07) is 3.78. The van der Waals surface area contributed by atoms with Gasteiger partial charge < -0.3 is 0 Å². The molecule has 0 bridgehead atoms. The molecule has 0 aliphatic carbocycles. The maximum absolute atomic E-state index is 12.3. The first-order valence-electron chi connectivity index (χ1n) is 6.39. The molecule has 0 radical (unpaired) electrons. The maximum Gasteiger partial charge on any atom is 0.243 e. The normalized spacial score (nSPS) is 14.3. The number of nitrogens with two attached hydrogens (primary N) is 2. The Kier molecular flexibility index (Phi) is 5.86. The van der Waals surface area contributed by atoms with Crippen LogP contribution in [0.4, 0.5) is 0 Å². The number of rotatable bonds is 6. The van der Waals surface area contributed by atoms with E-state index in [9.17, 15) is 20.1 Å². The SMILES string of the molecule is CC(C#N)(C#N)C(C)(C(=O)NN)C(C)(C)CCC(=O)NN. The fourth-order valence-corrected chi connectivity index (χ4v) is 2.35. The topological polar surface area (TPSA) is 158 Å². The molecule has 0 aromatic rings. The molecule has 1 atom stereocenters. The van der Waals surface area contributed by atoms with E-state index in [1.54, 1.807) is 13.8 Å². The standard InChI is InChI=1S/C13H22N6O2/c1-11(2,6-5-9(20)18-16)13(4,10(21)19-17)12(3,7-14)8-15/h5-6,16-17H2,1-4H3,(H,18,20)(H,19,21). The van der Waals surface area contributed by atoms with Crippen LogP contribution in [0.25, 0.3) is 0 Å². The van der Waals surface area contributed by atoms with Crippen molar-refractivity contribution in [2.24, 2.45) is 27.9 Å². The third kappa shape index (κ3) is 3.13. The summed E-state index contributed by atoms with van der Waals surface area (Å²) < 4.78 is 0. The smallest absolute Gasteiger partial charge is 0.243 e. The second-order valence-electron chi connectivity index (χ2n) is 5.90. The van der Waals surface area contributed by atoms with Crippen molar-refractivity contribution in [2.75, 3.05) is 0 Å². The van der Waals surface area contributed by atoms with E-state index >= 15 is 0 Å². The van der Waals surface area contributed by atoms with E-state index in [0.29, 0.717) is 0 Å². The van der Waals surface area contributed by atoms with Crippen LogP contribution in [0.5, 0.6) is 0 Å². The second-order valence-corrected chi connectivity index (χ2v) is 5.90. The molecular weight excluding hydrogens is 272 g/mol. The van der Waals surface area contributed by atoms with Crippen LogP contribution in [0.1, 0.15) is 40.5 Å². The van der Waals surface area contributed by atoms with E-state index in [-0.39, 0.29) is 12.8 Å². The number of amides is 2. The first kappa shape index (κ1) is 18.8. The summed E-state index contributed by atoms with van der Waals surface area (Å²) in [6.07, 6.45) is 0.308. The Labute approximate surface area is 124 Å². The molecule has 116 valence electrons. The van der Waals surface area contributed by atoms with Crippen LogP contribution in [0, 0.1) is 38.9 Å². The summed E-state index contributed by atoms with van der Waals surface area (Å²) in [5.74, 6) is 9.23. The predicted octanol–water partition coefficient (Wildman–Crippen LogP) is -0.168. The van der Waals surface area contributed by atoms with Gasteiger partial charge in [-0.15, -0.1) is 0 Å². The first-order chi connectivity index (χ1) is 9.56. The van der Waals surface area contributed by atoms with Crippen molar-refractivity contribution in [1.82, 2.24) is 10.9 Å². The van der Waals surface area contributed by atoms with Crippen LogP contribution in [-0.4, -0.2) is 11.8 Å². The quantitative estimate of drug-likeness (QED) is 0.302. The zero-order valence-electron chi connectivity index (χ0n) is 12.8. The van der Waals surface area contributed by atoms with Crippen molar-refractivity contribution >= 4 is 11.8 Å². The molecule has 0 spiro atoms. The average molecular weight is 294 g/mol. The Balaban J connectivity index is 5.84. The molecular formula is C13H22N6O2. The Morgan fingerprint density at radius 1 is 1.05 bits per heavy atom. The number of carbonyl (C=O) groups excluding carboxylic acids is 2. The lowest BCUT2D eigenvalue weighted by atomic mass is 9.52. The highest BCUT2D eigenvalue weighted by molar-refractivity contribution is 5.85. The van der Waals surface area contributed by atoms with Crippen molar-refractivity contribution in [3.05, 3.63) is 0 Å². The number of nitriles is 2. The van der Waals surface area contributed by atoms with E-state index < -0.39 is 28.1 Å². The minimum Gasteiger partial charge on any atom is -0.294 e. The molecule has 6 N–H and O–H groups in total. The van der Waals surface area contributed by atoms with Gasteiger partial charge in [0.1, 0.15) is 0 Å². The molecule has 0 saturated carbocycles. The molecule has 1 unspecified atom stereocenters. The number of nitrogens with zero attached hydrogens (tertiary/aromatic N) is 2. The monoisotopic (exact) mass is 294 g/mol. The van der Waals surface area contributed by atoms with Crippen LogP contribution in [-0.2, 0) is 9.59 Å². The minimum absolute atomic E-state index is 0.0594. The molecule has 8 nitrogen and oxygen atoms in total. The van der Waals surface area contributed by atoms with Crippen molar-refractivity contribution in [2.45, 2.75) is 40.5 Å². The Bertz CT molecular complexity index is 488. The van der Waals surface area contributed by atoms with Gasteiger partial charge >= 0.3 is 0 Å². The number of nitrogens with one attached hydrogen (secondary N) is 2. The highest BCUT2D eigenvalue weighted by Gasteiger charge is 2.59. The molecule has 0 aliphatic rings. The lowest BCUT2D eigenvalue weighted by Crippen LogP contribution is -2.58. The van der Waals surface area contributed by atoms with Gasteiger partial charge in [0.15, 0.2) is 5.41 Å². The van der Waals surface area contributed by atoms with E-state index in [1.807, 2.05) is 23.0 Å². The average Bonchev–Trinajstić information content (AvgIpc) is 2.49. The highest BCUT2D eigenvalue weighted by atomic mass is 16.2. The molecule has 0 aliphatic heterocycles. The van der Waals surface area contributed by atoms with Crippen molar-refractivity contribution in [3.8, 4) is 12.1 Å². The van der Waals surface area contributed by atoms with Crippen LogP contribution in [0.2, 0.25) is 0 Å². The predicted molar refractivity (Wildman–Crippen MR) is 75.1 cm³/mol. The van der Waals surface area contributed by atoms with Crippen molar-refractivity contribution < 1.29 is 9.59 Å². The Morgan fingerprint density at radius 3 is 1.86 bits per heavy atom. The maximum atomic E-state index is 12.3.